The molecule has 1 atom stereocenters. The second-order valence-corrected chi connectivity index (χ2v) is 6.13. The Hall–Kier alpha value is -0.410. The number of nitrogens with one attached hydrogen (secondary N) is 1. The van der Waals surface area contributed by atoms with Gasteiger partial charge in [-0.15, -0.1) is 11.3 Å². The van der Waals surface area contributed by atoms with Crippen molar-refractivity contribution in [1.82, 2.24) is 10.3 Å². The van der Waals surface area contributed by atoms with Gasteiger partial charge in [0.2, 0.25) is 0 Å². The van der Waals surface area contributed by atoms with Gasteiger partial charge in [0.15, 0.2) is 0 Å². The highest BCUT2D eigenvalue weighted by Gasteiger charge is 2.21. The van der Waals surface area contributed by atoms with E-state index >= 15 is 0 Å². The summed E-state index contributed by atoms with van der Waals surface area (Å²) in [7, 11) is 0. The number of thiazole rings is 1. The smallest absolute Gasteiger partial charge is 0.110 e. The average molecular weight is 238 g/mol. The van der Waals surface area contributed by atoms with E-state index in [2.05, 4.69) is 26.1 Å². The Labute approximate surface area is 102 Å². The van der Waals surface area contributed by atoms with E-state index in [0.717, 1.165) is 12.5 Å². The van der Waals surface area contributed by atoms with Crippen LogP contribution in [0.2, 0.25) is 0 Å². The van der Waals surface area contributed by atoms with Crippen molar-refractivity contribution in [1.29, 1.82) is 0 Å². The van der Waals surface area contributed by atoms with Gasteiger partial charge < -0.3 is 5.32 Å². The minimum Gasteiger partial charge on any atom is -0.308 e. The molecule has 1 unspecified atom stereocenters. The molecule has 0 radical (unpaired) electrons. The van der Waals surface area contributed by atoms with Gasteiger partial charge in [-0.05, 0) is 38.1 Å². The summed E-state index contributed by atoms with van der Waals surface area (Å²) in [5.74, 6) is 0.725. The summed E-state index contributed by atoms with van der Waals surface area (Å²) in [6.07, 6.45) is 4.96. The quantitative estimate of drug-likeness (QED) is 0.851. The van der Waals surface area contributed by atoms with E-state index in [1.807, 2.05) is 11.3 Å². The SMILES string of the molecule is CCNC(CC(C)C)c1nc2c(s1)CCC2. The van der Waals surface area contributed by atoms with E-state index < -0.39 is 0 Å². The lowest BCUT2D eigenvalue weighted by atomic mass is 10.0. The standard InChI is InChI=1S/C13H22N2S/c1-4-14-11(8-9(2)3)13-15-10-6-5-7-12(10)16-13/h9,11,14H,4-8H2,1-3H3. The molecule has 90 valence electrons. The van der Waals surface area contributed by atoms with Crippen LogP contribution in [0.1, 0.15) is 55.2 Å². The summed E-state index contributed by atoms with van der Waals surface area (Å²) < 4.78 is 0. The Bertz CT molecular complexity index is 322. The normalized spacial score (nSPS) is 16.8. The van der Waals surface area contributed by atoms with Gasteiger partial charge in [-0.2, -0.15) is 0 Å². The number of rotatable bonds is 5. The van der Waals surface area contributed by atoms with Crippen LogP contribution < -0.4 is 5.32 Å². The fourth-order valence-corrected chi connectivity index (χ4v) is 3.59. The topological polar surface area (TPSA) is 24.9 Å². The van der Waals surface area contributed by atoms with Gasteiger partial charge >= 0.3 is 0 Å². The number of hydrogen-bond donors (Lipinski definition) is 1. The van der Waals surface area contributed by atoms with E-state index in [4.69, 9.17) is 4.98 Å². The molecule has 0 saturated heterocycles. The highest BCUT2D eigenvalue weighted by molar-refractivity contribution is 7.11. The molecule has 3 heteroatoms. The molecular weight excluding hydrogens is 216 g/mol. The monoisotopic (exact) mass is 238 g/mol. The minimum atomic E-state index is 0.473. The molecule has 0 aromatic carbocycles. The van der Waals surface area contributed by atoms with Crippen molar-refractivity contribution in [3.05, 3.63) is 15.6 Å². The molecule has 0 amide bonds. The van der Waals surface area contributed by atoms with Crippen LogP contribution in [0, 0.1) is 5.92 Å². The second-order valence-electron chi connectivity index (χ2n) is 5.02. The Balaban J connectivity index is 2.11. The molecule has 1 heterocycles. The maximum absolute atomic E-state index is 4.82. The molecule has 2 rings (SSSR count). The predicted molar refractivity (Wildman–Crippen MR) is 70.0 cm³/mol. The summed E-state index contributed by atoms with van der Waals surface area (Å²) in [4.78, 5) is 6.36. The summed E-state index contributed by atoms with van der Waals surface area (Å²) in [6.45, 7) is 7.77. The molecule has 1 aliphatic rings. The van der Waals surface area contributed by atoms with Crippen LogP contribution in [-0.2, 0) is 12.8 Å². The van der Waals surface area contributed by atoms with E-state index in [1.165, 1.54) is 36.4 Å². The van der Waals surface area contributed by atoms with Crippen molar-refractivity contribution < 1.29 is 0 Å². The zero-order valence-corrected chi connectivity index (χ0v) is 11.4. The lowest BCUT2D eigenvalue weighted by Crippen LogP contribution is -2.22. The van der Waals surface area contributed by atoms with Crippen LogP contribution in [0.4, 0.5) is 0 Å². The van der Waals surface area contributed by atoms with Crippen molar-refractivity contribution in [2.75, 3.05) is 6.54 Å². The van der Waals surface area contributed by atoms with Crippen LogP contribution in [0.25, 0.3) is 0 Å². The molecule has 1 N–H and O–H groups in total. The van der Waals surface area contributed by atoms with Crippen LogP contribution >= 0.6 is 11.3 Å². The predicted octanol–water partition coefficient (Wildman–Crippen LogP) is 3.33. The van der Waals surface area contributed by atoms with E-state index in [9.17, 15) is 0 Å². The zero-order valence-electron chi connectivity index (χ0n) is 10.5. The molecule has 0 aliphatic heterocycles. The van der Waals surface area contributed by atoms with Gasteiger partial charge in [0.05, 0.1) is 11.7 Å². The van der Waals surface area contributed by atoms with Crippen molar-refractivity contribution in [2.45, 2.75) is 52.5 Å². The highest BCUT2D eigenvalue weighted by atomic mass is 32.1. The molecule has 1 aliphatic carbocycles. The van der Waals surface area contributed by atoms with Gasteiger partial charge in [0.1, 0.15) is 5.01 Å². The maximum atomic E-state index is 4.82. The fourth-order valence-electron chi connectivity index (χ4n) is 2.35. The first-order valence-electron chi connectivity index (χ1n) is 6.42. The zero-order chi connectivity index (χ0) is 11.5. The van der Waals surface area contributed by atoms with Gasteiger partial charge in [-0.25, -0.2) is 4.98 Å². The van der Waals surface area contributed by atoms with Crippen molar-refractivity contribution >= 4 is 11.3 Å². The number of aromatic nitrogens is 1. The third kappa shape index (κ3) is 2.64. The molecular formula is C13H22N2S. The van der Waals surface area contributed by atoms with Gasteiger partial charge in [-0.3, -0.25) is 0 Å². The number of hydrogen-bond acceptors (Lipinski definition) is 3. The Morgan fingerprint density at radius 1 is 1.38 bits per heavy atom. The first-order valence-corrected chi connectivity index (χ1v) is 7.24. The highest BCUT2D eigenvalue weighted by Crippen LogP contribution is 2.32. The van der Waals surface area contributed by atoms with Crippen LogP contribution in [0.3, 0.4) is 0 Å². The Morgan fingerprint density at radius 2 is 2.19 bits per heavy atom. The fraction of sp³-hybridized carbons (Fsp3) is 0.769. The summed E-state index contributed by atoms with van der Waals surface area (Å²) in [5, 5.41) is 4.89. The summed E-state index contributed by atoms with van der Waals surface area (Å²) >= 11 is 1.94. The van der Waals surface area contributed by atoms with E-state index in [-0.39, 0.29) is 0 Å². The third-order valence-corrected chi connectivity index (χ3v) is 4.34. The first kappa shape index (κ1) is 12.1. The van der Waals surface area contributed by atoms with Gasteiger partial charge in [-0.1, -0.05) is 20.8 Å². The summed E-state index contributed by atoms with van der Waals surface area (Å²) in [6, 6.07) is 0.473. The summed E-state index contributed by atoms with van der Waals surface area (Å²) in [5.41, 5.74) is 1.38. The lowest BCUT2D eigenvalue weighted by Gasteiger charge is -2.17. The van der Waals surface area contributed by atoms with Crippen LogP contribution in [0.5, 0.6) is 0 Å². The van der Waals surface area contributed by atoms with Crippen molar-refractivity contribution in [3.8, 4) is 0 Å². The number of fused-ring (bicyclic) bond motifs is 1. The van der Waals surface area contributed by atoms with Crippen molar-refractivity contribution in [2.24, 2.45) is 5.92 Å². The Kier molecular flexibility index (Phi) is 3.98. The van der Waals surface area contributed by atoms with Crippen LogP contribution in [-0.4, -0.2) is 11.5 Å². The molecule has 2 nitrogen and oxygen atoms in total. The largest absolute Gasteiger partial charge is 0.308 e. The average Bonchev–Trinajstić information content (AvgIpc) is 2.74. The second kappa shape index (κ2) is 5.28. The maximum Gasteiger partial charge on any atom is 0.110 e. The Morgan fingerprint density at radius 3 is 2.81 bits per heavy atom. The minimum absolute atomic E-state index is 0.473. The molecule has 0 fully saturated rings. The molecule has 0 saturated carbocycles. The molecule has 0 bridgehead atoms. The third-order valence-electron chi connectivity index (χ3n) is 3.07. The number of nitrogens with zero attached hydrogens (tertiary/aromatic N) is 1. The van der Waals surface area contributed by atoms with Crippen molar-refractivity contribution in [3.63, 3.8) is 0 Å². The lowest BCUT2D eigenvalue weighted by molar-refractivity contribution is 0.436. The van der Waals surface area contributed by atoms with Gasteiger partial charge in [0.25, 0.3) is 0 Å². The molecule has 1 aromatic heterocycles. The molecule has 16 heavy (non-hydrogen) atoms. The molecule has 0 spiro atoms. The molecule has 1 aromatic rings. The van der Waals surface area contributed by atoms with Gasteiger partial charge in [0, 0.05) is 4.88 Å². The number of aryl methyl sites for hydroxylation is 2. The van der Waals surface area contributed by atoms with E-state index in [0.29, 0.717) is 6.04 Å². The van der Waals surface area contributed by atoms with Crippen LogP contribution in [0.15, 0.2) is 0 Å². The first-order chi connectivity index (χ1) is 7.70. The van der Waals surface area contributed by atoms with E-state index in [1.54, 1.807) is 4.88 Å².